The summed E-state index contributed by atoms with van der Waals surface area (Å²) in [5, 5.41) is 15.9. The Labute approximate surface area is 79.3 Å². The third-order valence-electron chi connectivity index (χ3n) is 1.77. The Morgan fingerprint density at radius 1 is 1.57 bits per heavy atom. The summed E-state index contributed by atoms with van der Waals surface area (Å²) >= 11 is 0. The number of nitrogens with one attached hydrogen (secondary N) is 1. The summed E-state index contributed by atoms with van der Waals surface area (Å²) in [7, 11) is 0. The second-order valence-electron chi connectivity index (χ2n) is 2.75. The summed E-state index contributed by atoms with van der Waals surface area (Å²) in [5.74, 6) is -0.272. The molecule has 1 aromatic carbocycles. The normalized spacial score (nSPS) is 10.4. The highest BCUT2D eigenvalue weighted by Crippen LogP contribution is 2.18. The summed E-state index contributed by atoms with van der Waals surface area (Å²) in [6, 6.07) is 5.06. The molecule has 2 aromatic rings. The molecule has 0 bridgehead atoms. The highest BCUT2D eigenvalue weighted by molar-refractivity contribution is 5.81. The van der Waals surface area contributed by atoms with Crippen LogP contribution < -0.4 is 4.74 Å². The Hall–Kier alpha value is -1.88. The first-order valence-electron chi connectivity index (χ1n) is 4.04. The fourth-order valence-corrected chi connectivity index (χ4v) is 1.15. The van der Waals surface area contributed by atoms with Crippen molar-refractivity contribution in [2.24, 2.45) is 0 Å². The van der Waals surface area contributed by atoms with Crippen molar-refractivity contribution in [1.29, 1.82) is 0 Å². The van der Waals surface area contributed by atoms with Crippen LogP contribution in [0.1, 0.15) is 0 Å². The van der Waals surface area contributed by atoms with Crippen molar-refractivity contribution in [3.05, 3.63) is 24.4 Å². The largest absolute Gasteiger partial charge is 0.425 e. The van der Waals surface area contributed by atoms with Gasteiger partial charge in [0, 0.05) is 5.39 Å². The van der Waals surface area contributed by atoms with Crippen LogP contribution in [0.25, 0.3) is 10.9 Å². The van der Waals surface area contributed by atoms with Gasteiger partial charge in [0.1, 0.15) is 12.4 Å². The van der Waals surface area contributed by atoms with Gasteiger partial charge in [-0.2, -0.15) is 5.10 Å². The Balaban J connectivity index is 2.30. The number of aliphatic hydroxyl groups is 1. The van der Waals surface area contributed by atoms with Crippen molar-refractivity contribution in [3.8, 4) is 5.75 Å². The number of ether oxygens (including phenoxy) is 1. The van der Waals surface area contributed by atoms with E-state index in [1.165, 1.54) is 0 Å². The van der Waals surface area contributed by atoms with Gasteiger partial charge in [0.05, 0.1) is 11.7 Å². The summed E-state index contributed by atoms with van der Waals surface area (Å²) in [5.41, 5.74) is 0.869. The lowest BCUT2D eigenvalue weighted by atomic mass is 10.2. The number of carbonyl (C=O) groups is 1. The molecular weight excluding hydrogens is 184 g/mol. The molecule has 0 aliphatic heterocycles. The summed E-state index contributed by atoms with van der Waals surface area (Å²) < 4.78 is 4.81. The van der Waals surface area contributed by atoms with Gasteiger partial charge in [-0.15, -0.1) is 0 Å². The standard InChI is InChI=1S/C9H8N2O3/c12-5-9(13)14-7-1-2-8-6(3-7)4-10-11-8/h1-4,12H,5H2,(H,10,11). The van der Waals surface area contributed by atoms with Crippen LogP contribution in [0.3, 0.4) is 0 Å². The minimum absolute atomic E-state index is 0.401. The Morgan fingerprint density at radius 3 is 3.21 bits per heavy atom. The molecule has 0 unspecified atom stereocenters. The molecule has 0 radical (unpaired) electrons. The number of hydrogen-bond donors (Lipinski definition) is 2. The third kappa shape index (κ3) is 1.57. The van der Waals surface area contributed by atoms with Crippen molar-refractivity contribution >= 4 is 16.9 Å². The average Bonchev–Trinajstić information content (AvgIpc) is 2.64. The minimum Gasteiger partial charge on any atom is -0.425 e. The molecule has 5 heteroatoms. The average molecular weight is 192 g/mol. The molecule has 0 fully saturated rings. The van der Waals surface area contributed by atoms with Gasteiger partial charge >= 0.3 is 5.97 Å². The number of carbonyl (C=O) groups excluding carboxylic acids is 1. The molecule has 0 atom stereocenters. The first kappa shape index (κ1) is 8.71. The van der Waals surface area contributed by atoms with Crippen LogP contribution in [-0.4, -0.2) is 27.9 Å². The molecule has 0 saturated carbocycles. The number of H-pyrrole nitrogens is 1. The van der Waals surface area contributed by atoms with Gasteiger partial charge in [-0.25, -0.2) is 4.79 Å². The predicted octanol–water partition coefficient (Wildman–Crippen LogP) is 0.461. The van der Waals surface area contributed by atoms with E-state index in [0.717, 1.165) is 10.9 Å². The lowest BCUT2D eigenvalue weighted by Gasteiger charge is -2.00. The van der Waals surface area contributed by atoms with Gasteiger partial charge < -0.3 is 9.84 Å². The van der Waals surface area contributed by atoms with Crippen molar-refractivity contribution in [2.75, 3.05) is 6.61 Å². The van der Waals surface area contributed by atoms with E-state index in [1.807, 2.05) is 0 Å². The third-order valence-corrected chi connectivity index (χ3v) is 1.77. The van der Waals surface area contributed by atoms with E-state index in [0.29, 0.717) is 5.75 Å². The highest BCUT2D eigenvalue weighted by Gasteiger charge is 2.03. The Kier molecular flexibility index (Phi) is 2.16. The lowest BCUT2D eigenvalue weighted by molar-refractivity contribution is -0.137. The maximum absolute atomic E-state index is 10.8. The number of esters is 1. The van der Waals surface area contributed by atoms with Crippen LogP contribution in [0, 0.1) is 0 Å². The van der Waals surface area contributed by atoms with E-state index >= 15 is 0 Å². The minimum atomic E-state index is -0.673. The number of benzene rings is 1. The SMILES string of the molecule is O=C(CO)Oc1ccc2[nH]ncc2c1. The van der Waals surface area contributed by atoms with Crippen molar-refractivity contribution < 1.29 is 14.6 Å². The van der Waals surface area contributed by atoms with Gasteiger partial charge in [-0.1, -0.05) is 0 Å². The van der Waals surface area contributed by atoms with Crippen molar-refractivity contribution in [1.82, 2.24) is 10.2 Å². The lowest BCUT2D eigenvalue weighted by Crippen LogP contribution is -2.11. The quantitative estimate of drug-likeness (QED) is 0.535. The molecule has 1 heterocycles. The van der Waals surface area contributed by atoms with Crippen LogP contribution in [-0.2, 0) is 4.79 Å². The number of nitrogens with zero attached hydrogens (tertiary/aromatic N) is 1. The Bertz CT molecular complexity index is 464. The Morgan fingerprint density at radius 2 is 2.43 bits per heavy atom. The van der Waals surface area contributed by atoms with E-state index in [4.69, 9.17) is 9.84 Å². The first-order valence-corrected chi connectivity index (χ1v) is 4.04. The number of aromatic amines is 1. The van der Waals surface area contributed by atoms with E-state index in [1.54, 1.807) is 24.4 Å². The number of aromatic nitrogens is 2. The van der Waals surface area contributed by atoms with Crippen LogP contribution in [0.15, 0.2) is 24.4 Å². The van der Waals surface area contributed by atoms with Crippen LogP contribution in [0.5, 0.6) is 5.75 Å². The fraction of sp³-hybridized carbons (Fsp3) is 0.111. The monoisotopic (exact) mass is 192 g/mol. The number of hydrogen-bond acceptors (Lipinski definition) is 4. The van der Waals surface area contributed by atoms with Gasteiger partial charge in [-0.3, -0.25) is 5.10 Å². The zero-order chi connectivity index (χ0) is 9.97. The summed E-state index contributed by atoms with van der Waals surface area (Å²) in [6.45, 7) is -0.622. The molecule has 0 saturated heterocycles. The fourth-order valence-electron chi connectivity index (χ4n) is 1.15. The molecular formula is C9H8N2O3. The molecule has 72 valence electrons. The molecule has 14 heavy (non-hydrogen) atoms. The zero-order valence-electron chi connectivity index (χ0n) is 7.23. The number of aliphatic hydroxyl groups excluding tert-OH is 1. The van der Waals surface area contributed by atoms with Crippen molar-refractivity contribution in [2.45, 2.75) is 0 Å². The highest BCUT2D eigenvalue weighted by atomic mass is 16.5. The summed E-state index contributed by atoms with van der Waals surface area (Å²) in [4.78, 5) is 10.8. The van der Waals surface area contributed by atoms with Gasteiger partial charge in [0.15, 0.2) is 0 Å². The molecule has 1 aromatic heterocycles. The number of rotatable bonds is 2. The topological polar surface area (TPSA) is 75.2 Å². The second kappa shape index (κ2) is 3.47. The smallest absolute Gasteiger partial charge is 0.337 e. The van der Waals surface area contributed by atoms with Crippen molar-refractivity contribution in [3.63, 3.8) is 0 Å². The van der Waals surface area contributed by atoms with Gasteiger partial charge in [0.2, 0.25) is 0 Å². The molecule has 0 amide bonds. The first-order chi connectivity index (χ1) is 6.79. The zero-order valence-corrected chi connectivity index (χ0v) is 7.23. The van der Waals surface area contributed by atoms with E-state index in [-0.39, 0.29) is 0 Å². The van der Waals surface area contributed by atoms with Crippen LogP contribution >= 0.6 is 0 Å². The maximum Gasteiger partial charge on any atom is 0.337 e. The summed E-state index contributed by atoms with van der Waals surface area (Å²) in [6.07, 6.45) is 1.63. The molecule has 2 rings (SSSR count). The molecule has 2 N–H and O–H groups in total. The number of fused-ring (bicyclic) bond motifs is 1. The molecule has 5 nitrogen and oxygen atoms in total. The van der Waals surface area contributed by atoms with Gasteiger partial charge in [0.25, 0.3) is 0 Å². The van der Waals surface area contributed by atoms with E-state index in [2.05, 4.69) is 10.2 Å². The molecule has 0 aliphatic carbocycles. The predicted molar refractivity (Wildman–Crippen MR) is 48.8 cm³/mol. The van der Waals surface area contributed by atoms with Crippen LogP contribution in [0.4, 0.5) is 0 Å². The van der Waals surface area contributed by atoms with Crippen LogP contribution in [0.2, 0.25) is 0 Å². The second-order valence-corrected chi connectivity index (χ2v) is 2.75. The van der Waals surface area contributed by atoms with Gasteiger partial charge in [-0.05, 0) is 18.2 Å². The van der Waals surface area contributed by atoms with E-state index < -0.39 is 12.6 Å². The molecule has 0 aliphatic rings. The molecule has 0 spiro atoms. The maximum atomic E-state index is 10.8. The van der Waals surface area contributed by atoms with E-state index in [9.17, 15) is 4.79 Å².